The van der Waals surface area contributed by atoms with E-state index >= 15 is 0 Å². The van der Waals surface area contributed by atoms with Crippen molar-refractivity contribution in [2.24, 2.45) is 0 Å². The monoisotopic (exact) mass is 178 g/mol. The van der Waals surface area contributed by atoms with Crippen molar-refractivity contribution in [1.82, 2.24) is 9.97 Å². The van der Waals surface area contributed by atoms with Crippen LogP contribution in [0.3, 0.4) is 0 Å². The third-order valence-corrected chi connectivity index (χ3v) is 1.58. The van der Waals surface area contributed by atoms with Gasteiger partial charge in [-0.1, -0.05) is 6.92 Å². The lowest BCUT2D eigenvalue weighted by molar-refractivity contribution is -0.132. The van der Waals surface area contributed by atoms with Crippen molar-refractivity contribution in [2.45, 2.75) is 13.3 Å². The van der Waals surface area contributed by atoms with E-state index in [1.807, 2.05) is 0 Å². The summed E-state index contributed by atoms with van der Waals surface area (Å²) in [5.74, 6) is -0.897. The lowest BCUT2D eigenvalue weighted by Crippen LogP contribution is -1.98. The van der Waals surface area contributed by atoms with E-state index in [0.717, 1.165) is 0 Å². The van der Waals surface area contributed by atoms with Gasteiger partial charge in [-0.3, -0.25) is 0 Å². The summed E-state index contributed by atoms with van der Waals surface area (Å²) in [5, 5.41) is 8.73. The Morgan fingerprint density at radius 2 is 2.15 bits per heavy atom. The summed E-state index contributed by atoms with van der Waals surface area (Å²) >= 11 is 0. The maximum atomic E-state index is 10.6. The molecule has 0 aliphatic carbocycles. The van der Waals surface area contributed by atoms with Gasteiger partial charge in [-0.05, 0) is 12.5 Å². The highest BCUT2D eigenvalue weighted by molar-refractivity contribution is 5.91. The zero-order chi connectivity index (χ0) is 9.68. The molecule has 4 heteroatoms. The Hall–Kier alpha value is -1.71. The number of nitrogens with zero attached hydrogens (tertiary/aromatic N) is 2. The molecule has 1 rings (SSSR count). The molecule has 0 fully saturated rings. The molecule has 0 spiro atoms. The fourth-order valence-corrected chi connectivity index (χ4v) is 0.901. The molecule has 1 heterocycles. The smallest absolute Gasteiger partial charge is 0.331 e. The number of aromatic nitrogens is 2. The van der Waals surface area contributed by atoms with Crippen LogP contribution in [-0.4, -0.2) is 21.0 Å². The number of hydrogen-bond donors (Lipinski definition) is 1. The van der Waals surface area contributed by atoms with Crippen LogP contribution in [0.25, 0.3) is 6.08 Å². The first kappa shape index (κ1) is 9.38. The van der Waals surface area contributed by atoms with Crippen LogP contribution in [-0.2, 0) is 4.79 Å². The molecule has 0 saturated heterocycles. The van der Waals surface area contributed by atoms with E-state index in [-0.39, 0.29) is 0 Å². The summed E-state index contributed by atoms with van der Waals surface area (Å²) in [5.41, 5.74) is 1.07. The quantitative estimate of drug-likeness (QED) is 0.709. The normalized spacial score (nSPS) is 11.3. The van der Waals surface area contributed by atoms with Crippen LogP contribution < -0.4 is 0 Å². The average Bonchev–Trinajstić information content (AvgIpc) is 2.15. The molecule has 0 aliphatic rings. The van der Waals surface area contributed by atoms with Crippen molar-refractivity contribution in [3.63, 3.8) is 0 Å². The molecule has 1 N–H and O–H groups in total. The SMILES string of the molecule is CCC(=Cc1cncnc1)C(=O)O. The second kappa shape index (κ2) is 4.35. The minimum absolute atomic E-state index is 0.356. The van der Waals surface area contributed by atoms with E-state index in [0.29, 0.717) is 17.6 Å². The summed E-state index contributed by atoms with van der Waals surface area (Å²) < 4.78 is 0. The van der Waals surface area contributed by atoms with Gasteiger partial charge in [0, 0.05) is 23.5 Å². The van der Waals surface area contributed by atoms with Crippen LogP contribution in [0.1, 0.15) is 18.9 Å². The molecule has 0 atom stereocenters. The van der Waals surface area contributed by atoms with Gasteiger partial charge >= 0.3 is 5.97 Å². The van der Waals surface area contributed by atoms with Crippen molar-refractivity contribution in [3.05, 3.63) is 29.9 Å². The topological polar surface area (TPSA) is 63.1 Å². The van der Waals surface area contributed by atoms with Gasteiger partial charge in [0.1, 0.15) is 6.33 Å². The van der Waals surface area contributed by atoms with Gasteiger partial charge < -0.3 is 5.11 Å². The minimum atomic E-state index is -0.897. The van der Waals surface area contributed by atoms with Crippen LogP contribution in [0, 0.1) is 0 Å². The van der Waals surface area contributed by atoms with Crippen molar-refractivity contribution < 1.29 is 9.90 Å². The second-order valence-electron chi connectivity index (χ2n) is 2.50. The summed E-state index contributed by atoms with van der Waals surface area (Å²) in [6.07, 6.45) is 6.62. The van der Waals surface area contributed by atoms with Crippen molar-refractivity contribution in [3.8, 4) is 0 Å². The fourth-order valence-electron chi connectivity index (χ4n) is 0.901. The zero-order valence-corrected chi connectivity index (χ0v) is 7.27. The van der Waals surface area contributed by atoms with Gasteiger partial charge in [-0.25, -0.2) is 14.8 Å². The number of carbonyl (C=O) groups is 1. The first-order valence-electron chi connectivity index (χ1n) is 3.93. The summed E-state index contributed by atoms with van der Waals surface area (Å²) in [4.78, 5) is 18.2. The standard InChI is InChI=1S/C9H10N2O2/c1-2-8(9(12)13)3-7-4-10-6-11-5-7/h3-6H,2H2,1H3,(H,12,13). The van der Waals surface area contributed by atoms with Gasteiger partial charge in [-0.15, -0.1) is 0 Å². The van der Waals surface area contributed by atoms with E-state index in [9.17, 15) is 4.79 Å². The number of aliphatic carboxylic acids is 1. The highest BCUT2D eigenvalue weighted by Crippen LogP contribution is 2.07. The van der Waals surface area contributed by atoms with Gasteiger partial charge in [0.25, 0.3) is 0 Å². The van der Waals surface area contributed by atoms with Crippen LogP contribution in [0.5, 0.6) is 0 Å². The molecule has 0 amide bonds. The molecule has 0 bridgehead atoms. The van der Waals surface area contributed by atoms with E-state index in [1.54, 1.807) is 25.4 Å². The molecule has 1 aromatic heterocycles. The number of carboxylic acid groups (broad SMARTS) is 1. The fraction of sp³-hybridized carbons (Fsp3) is 0.222. The summed E-state index contributed by atoms with van der Waals surface area (Å²) in [6, 6.07) is 0. The third-order valence-electron chi connectivity index (χ3n) is 1.58. The molecule has 4 nitrogen and oxygen atoms in total. The first-order valence-corrected chi connectivity index (χ1v) is 3.93. The third kappa shape index (κ3) is 2.66. The predicted molar refractivity (Wildman–Crippen MR) is 47.9 cm³/mol. The van der Waals surface area contributed by atoms with Crippen molar-refractivity contribution in [1.29, 1.82) is 0 Å². The van der Waals surface area contributed by atoms with Crippen LogP contribution in [0.2, 0.25) is 0 Å². The largest absolute Gasteiger partial charge is 0.478 e. The minimum Gasteiger partial charge on any atom is -0.478 e. The van der Waals surface area contributed by atoms with E-state index < -0.39 is 5.97 Å². The van der Waals surface area contributed by atoms with Gasteiger partial charge in [0.05, 0.1) is 0 Å². The molecule has 68 valence electrons. The summed E-state index contributed by atoms with van der Waals surface area (Å²) in [7, 11) is 0. The molecule has 0 radical (unpaired) electrons. The Bertz CT molecular complexity index is 320. The maximum Gasteiger partial charge on any atom is 0.331 e. The van der Waals surface area contributed by atoms with E-state index in [2.05, 4.69) is 9.97 Å². The van der Waals surface area contributed by atoms with Crippen molar-refractivity contribution in [2.75, 3.05) is 0 Å². The molecule has 0 aliphatic heterocycles. The number of carboxylic acids is 1. The second-order valence-corrected chi connectivity index (χ2v) is 2.50. The summed E-state index contributed by atoms with van der Waals surface area (Å²) in [6.45, 7) is 1.80. The number of hydrogen-bond acceptors (Lipinski definition) is 3. The molecule has 0 saturated carbocycles. The van der Waals surface area contributed by atoms with E-state index in [1.165, 1.54) is 6.33 Å². The maximum absolute atomic E-state index is 10.6. The zero-order valence-electron chi connectivity index (χ0n) is 7.27. The lowest BCUT2D eigenvalue weighted by Gasteiger charge is -1.96. The van der Waals surface area contributed by atoms with E-state index in [4.69, 9.17) is 5.11 Å². The Morgan fingerprint density at radius 3 is 2.62 bits per heavy atom. The highest BCUT2D eigenvalue weighted by atomic mass is 16.4. The average molecular weight is 178 g/mol. The van der Waals surface area contributed by atoms with Crippen LogP contribution in [0.15, 0.2) is 24.3 Å². The molecule has 0 aromatic carbocycles. The molecule has 0 unspecified atom stereocenters. The molecular formula is C9H10N2O2. The lowest BCUT2D eigenvalue weighted by atomic mass is 10.1. The van der Waals surface area contributed by atoms with Gasteiger partial charge in [0.15, 0.2) is 0 Å². The Morgan fingerprint density at radius 1 is 1.54 bits per heavy atom. The molecular weight excluding hydrogens is 168 g/mol. The Kier molecular flexibility index (Phi) is 3.14. The predicted octanol–water partition coefficient (Wildman–Crippen LogP) is 1.35. The molecule has 1 aromatic rings. The van der Waals surface area contributed by atoms with Crippen LogP contribution >= 0.6 is 0 Å². The number of rotatable bonds is 3. The van der Waals surface area contributed by atoms with Crippen molar-refractivity contribution >= 4 is 12.0 Å². The van der Waals surface area contributed by atoms with Crippen LogP contribution in [0.4, 0.5) is 0 Å². The van der Waals surface area contributed by atoms with Gasteiger partial charge in [0.2, 0.25) is 0 Å². The molecule has 13 heavy (non-hydrogen) atoms. The Labute approximate surface area is 76.0 Å². The Balaban J connectivity index is 2.92. The highest BCUT2D eigenvalue weighted by Gasteiger charge is 2.03. The first-order chi connectivity index (χ1) is 6.24. The van der Waals surface area contributed by atoms with Gasteiger partial charge in [-0.2, -0.15) is 0 Å².